The molecule has 0 bridgehead atoms. The maximum atomic E-state index is 5.34. The zero-order chi connectivity index (χ0) is 15.3. The fraction of sp³-hybridized carbons (Fsp3) is 0.688. The van der Waals surface area contributed by atoms with Crippen molar-refractivity contribution in [2.45, 2.75) is 45.6 Å². The Bertz CT molecular complexity index is 385. The monoisotopic (exact) mass is 439 g/mol. The zero-order valence-electron chi connectivity index (χ0n) is 13.9. The minimum atomic E-state index is 0. The van der Waals surface area contributed by atoms with Crippen molar-refractivity contribution in [1.29, 1.82) is 0 Å². The van der Waals surface area contributed by atoms with Crippen LogP contribution in [0.4, 0.5) is 0 Å². The van der Waals surface area contributed by atoms with Crippen LogP contribution in [0.5, 0.6) is 0 Å². The molecule has 0 aliphatic carbocycles. The summed E-state index contributed by atoms with van der Waals surface area (Å²) in [5, 5.41) is 6.83. The lowest BCUT2D eigenvalue weighted by atomic mass is 10.3. The molecule has 128 valence electrons. The van der Waals surface area contributed by atoms with Crippen molar-refractivity contribution in [2.24, 2.45) is 4.99 Å². The third kappa shape index (κ3) is 10.4. The van der Waals surface area contributed by atoms with Crippen LogP contribution in [0.3, 0.4) is 0 Å². The summed E-state index contributed by atoms with van der Waals surface area (Å²) in [6, 6.07) is 4.36. The van der Waals surface area contributed by atoms with E-state index in [0.717, 1.165) is 44.1 Å². The molecule has 1 aromatic heterocycles. The average molecular weight is 439 g/mol. The average Bonchev–Trinajstić information content (AvgIpc) is 2.99. The van der Waals surface area contributed by atoms with Crippen LogP contribution in [-0.2, 0) is 6.42 Å². The molecule has 0 amide bonds. The largest absolute Gasteiger partial charge is 0.469 e. The van der Waals surface area contributed by atoms with E-state index in [-0.39, 0.29) is 24.0 Å². The van der Waals surface area contributed by atoms with Crippen LogP contribution in [0.1, 0.15) is 38.9 Å². The summed E-state index contributed by atoms with van der Waals surface area (Å²) >= 11 is 1.90. The van der Waals surface area contributed by atoms with Crippen LogP contribution in [0.25, 0.3) is 0 Å². The lowest BCUT2D eigenvalue weighted by molar-refractivity contribution is 0.506. The topological polar surface area (TPSA) is 49.6 Å². The fourth-order valence-electron chi connectivity index (χ4n) is 1.80. The van der Waals surface area contributed by atoms with Crippen molar-refractivity contribution in [3.05, 3.63) is 24.2 Å². The van der Waals surface area contributed by atoms with E-state index in [4.69, 9.17) is 4.42 Å². The molecule has 0 aliphatic heterocycles. The maximum Gasteiger partial charge on any atom is 0.191 e. The first-order chi connectivity index (χ1) is 10.3. The number of unbranched alkanes of at least 4 members (excludes halogenated alkanes) is 1. The highest BCUT2D eigenvalue weighted by molar-refractivity contribution is 14.0. The fourth-order valence-corrected chi connectivity index (χ4v) is 2.29. The van der Waals surface area contributed by atoms with Gasteiger partial charge in [0.2, 0.25) is 0 Å². The van der Waals surface area contributed by atoms with E-state index in [9.17, 15) is 0 Å². The van der Waals surface area contributed by atoms with Gasteiger partial charge in [-0.05, 0) is 50.3 Å². The molecule has 6 heteroatoms. The third-order valence-corrected chi connectivity index (χ3v) is 3.96. The molecule has 4 nitrogen and oxygen atoms in total. The number of hydrogen-bond acceptors (Lipinski definition) is 3. The number of rotatable bonds is 10. The van der Waals surface area contributed by atoms with E-state index in [1.807, 2.05) is 23.9 Å². The Balaban J connectivity index is 0.00000441. The Morgan fingerprint density at radius 3 is 2.86 bits per heavy atom. The van der Waals surface area contributed by atoms with Gasteiger partial charge in [0, 0.05) is 25.6 Å². The van der Waals surface area contributed by atoms with Crippen molar-refractivity contribution < 1.29 is 4.42 Å². The Hall–Kier alpha value is -0.370. The molecule has 1 aromatic rings. The SMILES string of the molecule is CCC(C)NC(=NCCCCSC)NCCc1ccco1.I. The summed E-state index contributed by atoms with van der Waals surface area (Å²) in [5.74, 6) is 3.14. The molecule has 0 saturated heterocycles. The molecule has 1 heterocycles. The minimum absolute atomic E-state index is 0. The number of aliphatic imine (C=N–C) groups is 1. The van der Waals surface area contributed by atoms with Crippen molar-refractivity contribution in [3.63, 3.8) is 0 Å². The highest BCUT2D eigenvalue weighted by Crippen LogP contribution is 2.00. The highest BCUT2D eigenvalue weighted by Gasteiger charge is 2.03. The number of guanidine groups is 1. The van der Waals surface area contributed by atoms with Gasteiger partial charge in [-0.25, -0.2) is 0 Å². The summed E-state index contributed by atoms with van der Waals surface area (Å²) < 4.78 is 5.34. The van der Waals surface area contributed by atoms with E-state index in [0.29, 0.717) is 6.04 Å². The van der Waals surface area contributed by atoms with Gasteiger partial charge in [-0.2, -0.15) is 11.8 Å². The molecular weight excluding hydrogens is 409 g/mol. The number of hydrogen-bond donors (Lipinski definition) is 2. The second-order valence-electron chi connectivity index (χ2n) is 5.14. The van der Waals surface area contributed by atoms with E-state index in [1.165, 1.54) is 12.2 Å². The number of nitrogens with one attached hydrogen (secondary N) is 2. The van der Waals surface area contributed by atoms with Crippen molar-refractivity contribution in [2.75, 3.05) is 25.1 Å². The standard InChI is InChI=1S/C16H29N3OS.HI/c1-4-14(2)19-16(17-10-5-6-13-21-3)18-11-9-15-8-7-12-20-15;/h7-8,12,14H,4-6,9-11,13H2,1-3H3,(H2,17,18,19);1H. The van der Waals surface area contributed by atoms with Crippen molar-refractivity contribution in [1.82, 2.24) is 10.6 Å². The van der Waals surface area contributed by atoms with Gasteiger partial charge in [0.15, 0.2) is 5.96 Å². The first-order valence-electron chi connectivity index (χ1n) is 7.82. The molecule has 2 N–H and O–H groups in total. The van der Waals surface area contributed by atoms with Gasteiger partial charge < -0.3 is 15.1 Å². The molecule has 0 saturated carbocycles. The first-order valence-corrected chi connectivity index (χ1v) is 9.21. The minimum Gasteiger partial charge on any atom is -0.469 e. The summed E-state index contributed by atoms with van der Waals surface area (Å²) in [6.07, 6.45) is 8.20. The molecular formula is C16H30IN3OS. The summed E-state index contributed by atoms with van der Waals surface area (Å²) in [5.41, 5.74) is 0. The summed E-state index contributed by atoms with van der Waals surface area (Å²) in [4.78, 5) is 4.66. The van der Waals surface area contributed by atoms with Crippen LogP contribution in [0, 0.1) is 0 Å². The molecule has 0 aromatic carbocycles. The molecule has 1 unspecified atom stereocenters. The Labute approximate surface area is 156 Å². The molecule has 1 rings (SSSR count). The van der Waals surface area contributed by atoms with Crippen LogP contribution >= 0.6 is 35.7 Å². The smallest absolute Gasteiger partial charge is 0.191 e. The Morgan fingerprint density at radius 2 is 2.23 bits per heavy atom. The number of furan rings is 1. The van der Waals surface area contributed by atoms with E-state index in [2.05, 4.69) is 35.7 Å². The van der Waals surface area contributed by atoms with Gasteiger partial charge in [0.1, 0.15) is 5.76 Å². The predicted octanol–water partition coefficient (Wildman–Crippen LogP) is 3.92. The first kappa shape index (κ1) is 21.6. The van der Waals surface area contributed by atoms with Crippen LogP contribution in [0.2, 0.25) is 0 Å². The van der Waals surface area contributed by atoms with Crippen LogP contribution in [0.15, 0.2) is 27.8 Å². The second kappa shape index (κ2) is 14.2. The van der Waals surface area contributed by atoms with Gasteiger partial charge in [0.25, 0.3) is 0 Å². The molecule has 1 atom stereocenters. The number of nitrogens with zero attached hydrogens (tertiary/aromatic N) is 1. The molecule has 0 radical (unpaired) electrons. The Morgan fingerprint density at radius 1 is 1.41 bits per heavy atom. The van der Waals surface area contributed by atoms with Gasteiger partial charge in [0.05, 0.1) is 6.26 Å². The van der Waals surface area contributed by atoms with Crippen LogP contribution in [-0.4, -0.2) is 37.1 Å². The molecule has 0 aliphatic rings. The van der Waals surface area contributed by atoms with Crippen LogP contribution < -0.4 is 10.6 Å². The zero-order valence-corrected chi connectivity index (χ0v) is 17.1. The third-order valence-electron chi connectivity index (χ3n) is 3.27. The van der Waals surface area contributed by atoms with Gasteiger partial charge in [-0.15, -0.1) is 24.0 Å². The maximum absolute atomic E-state index is 5.34. The number of thioether (sulfide) groups is 1. The summed E-state index contributed by atoms with van der Waals surface area (Å²) in [7, 11) is 0. The lowest BCUT2D eigenvalue weighted by Gasteiger charge is -2.16. The Kier molecular flexibility index (Phi) is 14.0. The van der Waals surface area contributed by atoms with E-state index < -0.39 is 0 Å². The van der Waals surface area contributed by atoms with E-state index in [1.54, 1.807) is 6.26 Å². The summed E-state index contributed by atoms with van der Waals surface area (Å²) in [6.45, 7) is 6.07. The quantitative estimate of drug-likeness (QED) is 0.251. The van der Waals surface area contributed by atoms with Crippen molar-refractivity contribution in [3.8, 4) is 0 Å². The molecule has 0 fully saturated rings. The second-order valence-corrected chi connectivity index (χ2v) is 6.13. The normalized spacial score (nSPS) is 12.6. The predicted molar refractivity (Wildman–Crippen MR) is 109 cm³/mol. The molecule has 22 heavy (non-hydrogen) atoms. The van der Waals surface area contributed by atoms with E-state index >= 15 is 0 Å². The molecule has 0 spiro atoms. The highest BCUT2D eigenvalue weighted by atomic mass is 127. The number of halogens is 1. The van der Waals surface area contributed by atoms with Crippen molar-refractivity contribution >= 4 is 41.7 Å². The van der Waals surface area contributed by atoms with Gasteiger partial charge in [-0.1, -0.05) is 6.92 Å². The van der Waals surface area contributed by atoms with Gasteiger partial charge >= 0.3 is 0 Å². The van der Waals surface area contributed by atoms with Gasteiger partial charge in [-0.3, -0.25) is 4.99 Å². The lowest BCUT2D eigenvalue weighted by Crippen LogP contribution is -2.42.